The first-order valence-corrected chi connectivity index (χ1v) is 10.5. The third-order valence-electron chi connectivity index (χ3n) is 5.14. The van der Waals surface area contributed by atoms with Crippen molar-refractivity contribution in [3.8, 4) is 0 Å². The lowest BCUT2D eigenvalue weighted by Crippen LogP contribution is -2.48. The Morgan fingerprint density at radius 1 is 1.32 bits per heavy atom. The molecule has 1 aromatic carbocycles. The van der Waals surface area contributed by atoms with Gasteiger partial charge in [-0.15, -0.1) is 24.0 Å². The number of ether oxygens (including phenoxy) is 1. The smallest absolute Gasteiger partial charge is 0.246 e. The fourth-order valence-corrected chi connectivity index (χ4v) is 3.46. The Balaban J connectivity index is 0.00000341. The predicted octanol–water partition coefficient (Wildman–Crippen LogP) is 3.25. The highest BCUT2D eigenvalue weighted by Gasteiger charge is 2.20. The van der Waals surface area contributed by atoms with Crippen LogP contribution in [0.3, 0.4) is 0 Å². The lowest BCUT2D eigenvalue weighted by molar-refractivity contribution is 0.0683. The second-order valence-corrected chi connectivity index (χ2v) is 7.39. The second-order valence-electron chi connectivity index (χ2n) is 7.39. The molecule has 8 nitrogen and oxygen atoms in total. The standard InChI is InChI=1S/C21H31FN6O2.HI/c1-4-29-15(2)20-26-19(30-27-20)13-24-21(23-3)25-18-9-11-28(12-10-18)14-16-5-7-17(22)8-6-16;/h5-8,15,18H,4,9-14H2,1-3H3,(H2,23,24,25);1H. The number of hydrogen-bond acceptors (Lipinski definition) is 6. The molecule has 1 atom stereocenters. The minimum Gasteiger partial charge on any atom is -0.371 e. The van der Waals surface area contributed by atoms with Crippen molar-refractivity contribution in [3.63, 3.8) is 0 Å². The van der Waals surface area contributed by atoms with E-state index in [9.17, 15) is 4.39 Å². The third kappa shape index (κ3) is 8.00. The maximum absolute atomic E-state index is 13.1. The predicted molar refractivity (Wildman–Crippen MR) is 128 cm³/mol. The fraction of sp³-hybridized carbons (Fsp3) is 0.571. The minimum absolute atomic E-state index is 0. The molecule has 172 valence electrons. The number of aromatic nitrogens is 2. The van der Waals surface area contributed by atoms with Crippen molar-refractivity contribution in [1.29, 1.82) is 0 Å². The highest BCUT2D eigenvalue weighted by Crippen LogP contribution is 2.15. The number of hydrogen-bond donors (Lipinski definition) is 2. The summed E-state index contributed by atoms with van der Waals surface area (Å²) < 4.78 is 23.8. The van der Waals surface area contributed by atoms with Gasteiger partial charge in [0, 0.05) is 39.3 Å². The molecule has 3 rings (SSSR count). The molecule has 2 N–H and O–H groups in total. The van der Waals surface area contributed by atoms with Crippen LogP contribution in [0.25, 0.3) is 0 Å². The molecule has 1 aliphatic heterocycles. The van der Waals surface area contributed by atoms with Gasteiger partial charge in [-0.3, -0.25) is 9.89 Å². The Kier molecular flexibility index (Phi) is 10.6. The SMILES string of the molecule is CCOC(C)c1noc(CNC(=NC)NC2CCN(Cc3ccc(F)cc3)CC2)n1.I. The van der Waals surface area contributed by atoms with E-state index in [-0.39, 0.29) is 35.9 Å². The van der Waals surface area contributed by atoms with Gasteiger partial charge in [0.15, 0.2) is 11.8 Å². The number of guanidine groups is 1. The summed E-state index contributed by atoms with van der Waals surface area (Å²) in [4.78, 5) is 11.0. The van der Waals surface area contributed by atoms with E-state index in [0.29, 0.717) is 36.9 Å². The van der Waals surface area contributed by atoms with Crippen LogP contribution in [0, 0.1) is 5.82 Å². The molecule has 1 aliphatic rings. The summed E-state index contributed by atoms with van der Waals surface area (Å²) in [5, 5.41) is 10.7. The second kappa shape index (κ2) is 12.9. The molecule has 0 radical (unpaired) electrons. The van der Waals surface area contributed by atoms with E-state index in [0.717, 1.165) is 38.0 Å². The van der Waals surface area contributed by atoms with Gasteiger partial charge in [-0.05, 0) is 44.4 Å². The van der Waals surface area contributed by atoms with Gasteiger partial charge in [0.05, 0.1) is 6.54 Å². The van der Waals surface area contributed by atoms with E-state index in [1.807, 2.05) is 26.0 Å². The quantitative estimate of drug-likeness (QED) is 0.299. The molecule has 0 aliphatic carbocycles. The highest BCUT2D eigenvalue weighted by molar-refractivity contribution is 14.0. The average molecular weight is 546 g/mol. The van der Waals surface area contributed by atoms with Crippen molar-refractivity contribution < 1.29 is 13.7 Å². The van der Waals surface area contributed by atoms with E-state index in [1.165, 1.54) is 12.1 Å². The summed E-state index contributed by atoms with van der Waals surface area (Å²) in [6, 6.07) is 7.08. The van der Waals surface area contributed by atoms with E-state index in [2.05, 4.69) is 30.7 Å². The molecule has 2 aromatic rings. The minimum atomic E-state index is -0.193. The Morgan fingerprint density at radius 3 is 2.68 bits per heavy atom. The van der Waals surface area contributed by atoms with Crippen molar-refractivity contribution in [1.82, 2.24) is 25.7 Å². The van der Waals surface area contributed by atoms with E-state index in [4.69, 9.17) is 9.26 Å². The van der Waals surface area contributed by atoms with Crippen LogP contribution < -0.4 is 10.6 Å². The summed E-state index contributed by atoms with van der Waals surface area (Å²) in [7, 11) is 1.75. The van der Waals surface area contributed by atoms with Gasteiger partial charge in [-0.1, -0.05) is 17.3 Å². The largest absolute Gasteiger partial charge is 0.371 e. The van der Waals surface area contributed by atoms with Crippen molar-refractivity contribution in [2.45, 2.75) is 51.9 Å². The van der Waals surface area contributed by atoms with Crippen LogP contribution in [-0.2, 0) is 17.8 Å². The van der Waals surface area contributed by atoms with Crippen LogP contribution in [0.4, 0.5) is 4.39 Å². The van der Waals surface area contributed by atoms with Crippen molar-refractivity contribution >= 4 is 29.9 Å². The Hall–Kier alpha value is -1.79. The molecule has 1 aromatic heterocycles. The maximum atomic E-state index is 13.1. The lowest BCUT2D eigenvalue weighted by atomic mass is 10.0. The number of nitrogens with one attached hydrogen (secondary N) is 2. The first kappa shape index (κ1) is 25.5. The first-order chi connectivity index (χ1) is 14.6. The lowest BCUT2D eigenvalue weighted by Gasteiger charge is -2.33. The number of likely N-dealkylation sites (tertiary alicyclic amines) is 1. The molecule has 0 saturated carbocycles. The summed E-state index contributed by atoms with van der Waals surface area (Å²) in [6.45, 7) is 7.64. The average Bonchev–Trinajstić information content (AvgIpc) is 3.23. The molecule has 0 bridgehead atoms. The zero-order valence-electron chi connectivity index (χ0n) is 18.3. The van der Waals surface area contributed by atoms with Crippen LogP contribution in [-0.4, -0.2) is 53.8 Å². The molecule has 1 saturated heterocycles. The highest BCUT2D eigenvalue weighted by atomic mass is 127. The Bertz CT molecular complexity index is 808. The third-order valence-corrected chi connectivity index (χ3v) is 5.14. The van der Waals surface area contributed by atoms with Crippen molar-refractivity contribution in [3.05, 3.63) is 47.4 Å². The van der Waals surface area contributed by atoms with Crippen LogP contribution >= 0.6 is 24.0 Å². The van der Waals surface area contributed by atoms with Gasteiger partial charge < -0.3 is 19.9 Å². The van der Waals surface area contributed by atoms with Crippen molar-refractivity contribution in [2.24, 2.45) is 4.99 Å². The Labute approximate surface area is 200 Å². The summed E-state index contributed by atoms with van der Waals surface area (Å²) >= 11 is 0. The van der Waals surface area contributed by atoms with Crippen LogP contribution in [0.15, 0.2) is 33.8 Å². The topological polar surface area (TPSA) is 87.8 Å². The number of benzene rings is 1. The van der Waals surface area contributed by atoms with E-state index >= 15 is 0 Å². The molecule has 0 amide bonds. The van der Waals surface area contributed by atoms with Crippen LogP contribution in [0.2, 0.25) is 0 Å². The number of rotatable bonds is 8. The maximum Gasteiger partial charge on any atom is 0.246 e. The van der Waals surface area contributed by atoms with E-state index in [1.54, 1.807) is 7.05 Å². The Morgan fingerprint density at radius 2 is 2.03 bits per heavy atom. The molecule has 10 heteroatoms. The number of piperidine rings is 1. The molecular formula is C21H32FIN6O2. The zero-order valence-corrected chi connectivity index (χ0v) is 20.6. The van der Waals surface area contributed by atoms with Crippen LogP contribution in [0.1, 0.15) is 50.1 Å². The molecule has 1 fully saturated rings. The van der Waals surface area contributed by atoms with Gasteiger partial charge >= 0.3 is 0 Å². The van der Waals surface area contributed by atoms with Gasteiger partial charge in [0.25, 0.3) is 0 Å². The normalized spacial score (nSPS) is 16.6. The number of halogens is 2. The number of nitrogens with zero attached hydrogens (tertiary/aromatic N) is 4. The molecule has 2 heterocycles. The first-order valence-electron chi connectivity index (χ1n) is 10.5. The summed E-state index contributed by atoms with van der Waals surface area (Å²) in [5.74, 6) is 1.56. The molecule has 31 heavy (non-hydrogen) atoms. The number of aliphatic imine (C=N–C) groups is 1. The van der Waals surface area contributed by atoms with Gasteiger partial charge in [-0.25, -0.2) is 4.39 Å². The fourth-order valence-electron chi connectivity index (χ4n) is 3.46. The van der Waals surface area contributed by atoms with E-state index < -0.39 is 0 Å². The summed E-state index contributed by atoms with van der Waals surface area (Å²) in [6.07, 6.45) is 1.83. The monoisotopic (exact) mass is 546 g/mol. The molecular weight excluding hydrogens is 514 g/mol. The summed E-state index contributed by atoms with van der Waals surface area (Å²) in [5.41, 5.74) is 1.14. The van der Waals surface area contributed by atoms with Crippen LogP contribution in [0.5, 0.6) is 0 Å². The zero-order chi connectivity index (χ0) is 21.3. The molecule has 1 unspecified atom stereocenters. The van der Waals surface area contributed by atoms with Crippen molar-refractivity contribution in [2.75, 3.05) is 26.7 Å². The van der Waals surface area contributed by atoms with Gasteiger partial charge in [0.1, 0.15) is 11.9 Å². The van der Waals surface area contributed by atoms with Gasteiger partial charge in [0.2, 0.25) is 5.89 Å². The molecule has 0 spiro atoms. The van der Waals surface area contributed by atoms with Gasteiger partial charge in [-0.2, -0.15) is 4.98 Å².